The summed E-state index contributed by atoms with van der Waals surface area (Å²) >= 11 is 0. The van der Waals surface area contributed by atoms with Crippen LogP contribution in [-0.4, -0.2) is 23.7 Å². The highest BCUT2D eigenvalue weighted by Crippen LogP contribution is 2.18. The molecule has 0 bridgehead atoms. The summed E-state index contributed by atoms with van der Waals surface area (Å²) in [6.07, 6.45) is 38.5. The van der Waals surface area contributed by atoms with Crippen molar-refractivity contribution in [2.24, 2.45) is 5.92 Å². The average molecular weight is 549 g/mol. The molecule has 0 spiro atoms. The van der Waals surface area contributed by atoms with Gasteiger partial charge in [0.1, 0.15) is 6.61 Å². The van der Waals surface area contributed by atoms with Crippen LogP contribution in [0.1, 0.15) is 174 Å². The second kappa shape index (κ2) is 31.0. The fourth-order valence-electron chi connectivity index (χ4n) is 5.13. The first kappa shape index (κ1) is 37.4. The number of allylic oxidation sites excluding steroid dienone is 2. The van der Waals surface area contributed by atoms with Gasteiger partial charge in [0, 0.05) is 0 Å². The zero-order valence-corrected chi connectivity index (χ0v) is 25.8. The van der Waals surface area contributed by atoms with Crippen LogP contribution >= 0.6 is 0 Å². The van der Waals surface area contributed by atoms with E-state index in [-0.39, 0.29) is 13.0 Å². The van der Waals surface area contributed by atoms with E-state index in [9.17, 15) is 14.7 Å². The highest BCUT2D eigenvalue weighted by molar-refractivity contribution is 5.78. The molecule has 0 fully saturated rings. The molecule has 0 radical (unpaired) electrons. The number of esters is 1. The molecular formula is C35H64O4. The zero-order valence-electron chi connectivity index (χ0n) is 25.8. The fourth-order valence-corrected chi connectivity index (χ4v) is 5.13. The van der Waals surface area contributed by atoms with Gasteiger partial charge < -0.3 is 9.84 Å². The van der Waals surface area contributed by atoms with E-state index in [1.54, 1.807) is 0 Å². The second-order valence-electron chi connectivity index (χ2n) is 11.5. The maximum Gasteiger partial charge on any atom is 0.307 e. The number of carboxylic acid groups (broad SMARTS) is 1. The van der Waals surface area contributed by atoms with Crippen molar-refractivity contribution in [3.8, 4) is 0 Å². The number of carbonyl (C=O) groups excluding carboxylic acids is 1. The monoisotopic (exact) mass is 548 g/mol. The second-order valence-corrected chi connectivity index (χ2v) is 11.5. The smallest absolute Gasteiger partial charge is 0.307 e. The van der Waals surface area contributed by atoms with Gasteiger partial charge in [-0.1, -0.05) is 160 Å². The summed E-state index contributed by atoms with van der Waals surface area (Å²) in [7, 11) is 0. The van der Waals surface area contributed by atoms with E-state index in [0.717, 1.165) is 19.3 Å². The van der Waals surface area contributed by atoms with E-state index < -0.39 is 17.9 Å². The molecule has 0 heterocycles. The number of ether oxygens (including phenoxy) is 1. The summed E-state index contributed by atoms with van der Waals surface area (Å²) < 4.78 is 4.91. The van der Waals surface area contributed by atoms with Crippen LogP contribution < -0.4 is 0 Å². The van der Waals surface area contributed by atoms with Crippen LogP contribution in [0, 0.1) is 5.92 Å². The van der Waals surface area contributed by atoms with Crippen molar-refractivity contribution in [1.29, 1.82) is 0 Å². The third kappa shape index (κ3) is 29.2. The van der Waals surface area contributed by atoms with Gasteiger partial charge in [0.25, 0.3) is 0 Å². The summed E-state index contributed by atoms with van der Waals surface area (Å²) in [6.45, 7) is 5.91. The van der Waals surface area contributed by atoms with Crippen LogP contribution in [0.3, 0.4) is 0 Å². The Bertz CT molecular complexity index is 583. The van der Waals surface area contributed by atoms with E-state index in [1.165, 1.54) is 141 Å². The fraction of sp³-hybridized carbons (Fsp3) is 0.829. The molecule has 0 saturated heterocycles. The van der Waals surface area contributed by atoms with Gasteiger partial charge in [-0.05, 0) is 32.1 Å². The van der Waals surface area contributed by atoms with E-state index in [4.69, 9.17) is 4.74 Å². The van der Waals surface area contributed by atoms with Crippen LogP contribution in [0.2, 0.25) is 0 Å². The summed E-state index contributed by atoms with van der Waals surface area (Å²) in [4.78, 5) is 23.0. The number of hydrogen-bond acceptors (Lipinski definition) is 3. The topological polar surface area (TPSA) is 63.6 Å². The Balaban J connectivity index is 3.31. The van der Waals surface area contributed by atoms with Gasteiger partial charge in [-0.25, -0.2) is 0 Å². The summed E-state index contributed by atoms with van der Waals surface area (Å²) in [5.41, 5.74) is 0. The van der Waals surface area contributed by atoms with Gasteiger partial charge in [-0.15, -0.1) is 0 Å². The van der Waals surface area contributed by atoms with Gasteiger partial charge in [-0.2, -0.15) is 0 Å². The number of carboxylic acids is 1. The Kier molecular flexibility index (Phi) is 29.7. The highest BCUT2D eigenvalue weighted by Gasteiger charge is 2.21. The van der Waals surface area contributed by atoms with E-state index in [1.807, 2.05) is 0 Å². The molecule has 228 valence electrons. The van der Waals surface area contributed by atoms with Crippen molar-refractivity contribution in [3.05, 3.63) is 24.8 Å². The molecule has 0 aliphatic rings. The number of unbranched alkanes of at least 4 members (excludes halogenated alkanes) is 22. The molecule has 1 atom stereocenters. The molecule has 0 rings (SSSR count). The van der Waals surface area contributed by atoms with Crippen LogP contribution in [-0.2, 0) is 14.3 Å². The lowest BCUT2D eigenvalue weighted by Crippen LogP contribution is -2.19. The molecule has 1 unspecified atom stereocenters. The quantitative estimate of drug-likeness (QED) is 0.0531. The molecule has 1 N–H and O–H groups in total. The van der Waals surface area contributed by atoms with Crippen LogP contribution in [0.4, 0.5) is 0 Å². The first-order valence-corrected chi connectivity index (χ1v) is 16.8. The Morgan fingerprint density at radius 1 is 0.641 bits per heavy atom. The average Bonchev–Trinajstić information content (AvgIpc) is 2.93. The minimum atomic E-state index is -0.900. The first-order valence-electron chi connectivity index (χ1n) is 16.8. The van der Waals surface area contributed by atoms with Crippen molar-refractivity contribution < 1.29 is 19.4 Å². The van der Waals surface area contributed by atoms with Crippen LogP contribution in [0.15, 0.2) is 24.8 Å². The number of hydrogen-bond donors (Lipinski definition) is 1. The molecule has 0 aromatic heterocycles. The highest BCUT2D eigenvalue weighted by atomic mass is 16.5. The molecule has 0 aromatic carbocycles. The van der Waals surface area contributed by atoms with E-state index in [2.05, 4.69) is 25.7 Å². The van der Waals surface area contributed by atoms with Gasteiger partial charge in [0.2, 0.25) is 0 Å². The Morgan fingerprint density at radius 2 is 1.03 bits per heavy atom. The van der Waals surface area contributed by atoms with Crippen molar-refractivity contribution in [3.63, 3.8) is 0 Å². The van der Waals surface area contributed by atoms with Crippen LogP contribution in [0.25, 0.3) is 0 Å². The third-order valence-corrected chi connectivity index (χ3v) is 7.69. The van der Waals surface area contributed by atoms with Gasteiger partial charge in [-0.3, -0.25) is 9.59 Å². The molecule has 39 heavy (non-hydrogen) atoms. The molecular weight excluding hydrogens is 484 g/mol. The van der Waals surface area contributed by atoms with E-state index in [0.29, 0.717) is 6.42 Å². The molecule has 0 amide bonds. The maximum absolute atomic E-state index is 11.6. The standard InChI is InChI=1S/C35H64O4/c1-3-5-6-7-8-9-10-11-12-13-14-15-16-17-18-19-20-21-22-23-24-25-26-27-28-29-30-33(35(37)38)32-34(36)39-31-4-2/h4,10-11,33H,2-3,5-9,12-32H2,1H3,(H,37,38)/b11-10+. The minimum absolute atomic E-state index is 0.0411. The lowest BCUT2D eigenvalue weighted by molar-refractivity contribution is -0.151. The zero-order chi connectivity index (χ0) is 28.7. The van der Waals surface area contributed by atoms with Gasteiger partial charge >= 0.3 is 11.9 Å². The molecule has 0 aliphatic carbocycles. The van der Waals surface area contributed by atoms with E-state index >= 15 is 0 Å². The maximum atomic E-state index is 11.6. The molecule has 4 heteroatoms. The minimum Gasteiger partial charge on any atom is -0.481 e. The third-order valence-electron chi connectivity index (χ3n) is 7.69. The van der Waals surface area contributed by atoms with Gasteiger partial charge in [0.15, 0.2) is 0 Å². The van der Waals surface area contributed by atoms with Crippen molar-refractivity contribution in [2.45, 2.75) is 174 Å². The molecule has 0 aromatic rings. The molecule has 0 aliphatic heterocycles. The van der Waals surface area contributed by atoms with Crippen molar-refractivity contribution in [2.75, 3.05) is 6.61 Å². The predicted octanol–water partition coefficient (Wildman–Crippen LogP) is 11.1. The SMILES string of the molecule is C=CCOC(=O)CC(CCCCCCCCCCCCCCCCCCC/C=C/CCCCCCC)C(=O)O. The lowest BCUT2D eigenvalue weighted by atomic mass is 9.97. The molecule has 4 nitrogen and oxygen atoms in total. The summed E-state index contributed by atoms with van der Waals surface area (Å²) in [5, 5.41) is 9.31. The Hall–Kier alpha value is -1.58. The number of aliphatic carboxylic acids is 1. The van der Waals surface area contributed by atoms with Crippen LogP contribution in [0.5, 0.6) is 0 Å². The first-order chi connectivity index (χ1) is 19.1. The lowest BCUT2D eigenvalue weighted by Gasteiger charge is -2.11. The van der Waals surface area contributed by atoms with Crippen molar-refractivity contribution >= 4 is 11.9 Å². The Labute approximate surface area is 242 Å². The number of rotatable bonds is 31. The van der Waals surface area contributed by atoms with Crippen molar-refractivity contribution in [1.82, 2.24) is 0 Å². The summed E-state index contributed by atoms with van der Waals surface area (Å²) in [6, 6.07) is 0. The normalized spacial score (nSPS) is 12.1. The Morgan fingerprint density at radius 3 is 1.41 bits per heavy atom. The molecule has 0 saturated carbocycles. The predicted molar refractivity (Wildman–Crippen MR) is 167 cm³/mol. The largest absolute Gasteiger partial charge is 0.481 e. The number of carbonyl (C=O) groups is 2. The summed E-state index contributed by atoms with van der Waals surface area (Å²) in [5.74, 6) is -1.98. The van der Waals surface area contributed by atoms with Gasteiger partial charge in [0.05, 0.1) is 12.3 Å².